The van der Waals surface area contributed by atoms with Gasteiger partial charge in [-0.1, -0.05) is 0 Å². The van der Waals surface area contributed by atoms with Crippen LogP contribution in [0.4, 0.5) is 15.8 Å². The number of ether oxygens (including phenoxy) is 1. The van der Waals surface area contributed by atoms with Gasteiger partial charge in [-0.3, -0.25) is 10.1 Å². The molecule has 0 aromatic heterocycles. The van der Waals surface area contributed by atoms with Gasteiger partial charge in [-0.25, -0.2) is 9.18 Å². The van der Waals surface area contributed by atoms with Gasteiger partial charge in [-0.15, -0.1) is 0 Å². The van der Waals surface area contributed by atoms with Crippen LogP contribution in [-0.2, 0) is 4.74 Å². The summed E-state index contributed by atoms with van der Waals surface area (Å²) in [6, 6.07) is 2.35. The van der Waals surface area contributed by atoms with Crippen LogP contribution in [0.5, 0.6) is 0 Å². The smallest absolute Gasteiger partial charge is 0.340 e. The number of carbonyl (C=O) groups excluding carboxylic acids is 1. The molecule has 1 aliphatic rings. The second-order valence-electron chi connectivity index (χ2n) is 5.98. The van der Waals surface area contributed by atoms with Gasteiger partial charge in [0.25, 0.3) is 5.69 Å². The minimum Gasteiger partial charge on any atom is -0.462 e. The minimum absolute atomic E-state index is 0.0909. The van der Waals surface area contributed by atoms with Crippen LogP contribution < -0.4 is 4.90 Å². The van der Waals surface area contributed by atoms with Crippen LogP contribution in [0, 0.1) is 15.9 Å². The maximum atomic E-state index is 14.5. The van der Waals surface area contributed by atoms with Crippen molar-refractivity contribution in [2.75, 3.05) is 38.7 Å². The van der Waals surface area contributed by atoms with Gasteiger partial charge in [0.2, 0.25) is 0 Å². The molecule has 0 radical (unpaired) electrons. The van der Waals surface area contributed by atoms with E-state index in [0.29, 0.717) is 19.1 Å². The molecule has 2 rings (SSSR count). The van der Waals surface area contributed by atoms with E-state index in [2.05, 4.69) is 4.90 Å². The molecule has 0 N–H and O–H groups in total. The zero-order chi connectivity index (χ0) is 17.9. The van der Waals surface area contributed by atoms with Gasteiger partial charge in [0, 0.05) is 25.2 Å². The van der Waals surface area contributed by atoms with E-state index >= 15 is 0 Å². The Bertz CT molecular complexity index is 628. The molecule has 0 unspecified atom stereocenters. The first kappa shape index (κ1) is 18.1. The van der Waals surface area contributed by atoms with Gasteiger partial charge >= 0.3 is 5.97 Å². The molecule has 7 nitrogen and oxygen atoms in total. The second-order valence-corrected chi connectivity index (χ2v) is 5.98. The number of nitro benzene ring substituents is 1. The monoisotopic (exact) mass is 339 g/mol. The first-order valence-electron chi connectivity index (χ1n) is 7.91. The molecule has 1 aromatic carbocycles. The largest absolute Gasteiger partial charge is 0.462 e. The number of benzene rings is 1. The van der Waals surface area contributed by atoms with Crippen molar-refractivity contribution in [2.24, 2.45) is 0 Å². The molecule has 0 atom stereocenters. The Morgan fingerprint density at radius 1 is 1.42 bits per heavy atom. The van der Waals surface area contributed by atoms with Crippen LogP contribution in [-0.4, -0.2) is 55.6 Å². The summed E-state index contributed by atoms with van der Waals surface area (Å²) < 4.78 is 19.5. The molecule has 0 spiro atoms. The molecule has 0 aliphatic carbocycles. The van der Waals surface area contributed by atoms with Crippen LogP contribution in [0.2, 0.25) is 0 Å². The number of piperidine rings is 1. The SMILES string of the molecule is CCOC(=O)c1cc([N+](=O)[O-])cc(F)c1N1CCC(N(C)C)CC1. The van der Waals surface area contributed by atoms with Crippen LogP contribution in [0.1, 0.15) is 30.1 Å². The Kier molecular flexibility index (Phi) is 5.71. The molecule has 1 heterocycles. The number of hydrogen-bond donors (Lipinski definition) is 0. The summed E-state index contributed by atoms with van der Waals surface area (Å²) in [5.74, 6) is -1.51. The molecule has 1 saturated heterocycles. The highest BCUT2D eigenvalue weighted by atomic mass is 19.1. The Balaban J connectivity index is 2.37. The Hall–Kier alpha value is -2.22. The standard InChI is InChI=1S/C16H22FN3O4/c1-4-24-16(21)13-9-12(20(22)23)10-14(17)15(13)19-7-5-11(6-8-19)18(2)3/h9-11H,4-8H2,1-3H3. The topological polar surface area (TPSA) is 75.9 Å². The molecule has 132 valence electrons. The molecule has 0 amide bonds. The van der Waals surface area contributed by atoms with Crippen molar-refractivity contribution in [1.29, 1.82) is 0 Å². The predicted molar refractivity (Wildman–Crippen MR) is 87.9 cm³/mol. The summed E-state index contributed by atoms with van der Waals surface area (Å²) in [6.45, 7) is 2.90. The van der Waals surface area contributed by atoms with E-state index in [1.165, 1.54) is 0 Å². The molecular weight excluding hydrogens is 317 g/mol. The number of esters is 1. The first-order chi connectivity index (χ1) is 11.3. The summed E-state index contributed by atoms with van der Waals surface area (Å²) in [4.78, 5) is 26.3. The third-order valence-corrected chi connectivity index (χ3v) is 4.27. The molecule has 0 bridgehead atoms. The maximum Gasteiger partial charge on any atom is 0.340 e. The Labute approximate surface area is 140 Å². The van der Waals surface area contributed by atoms with Gasteiger partial charge < -0.3 is 14.5 Å². The lowest BCUT2D eigenvalue weighted by atomic mass is 10.0. The molecule has 1 aliphatic heterocycles. The lowest BCUT2D eigenvalue weighted by molar-refractivity contribution is -0.385. The van der Waals surface area contributed by atoms with Gasteiger partial charge in [0.1, 0.15) is 0 Å². The number of carbonyl (C=O) groups is 1. The fourth-order valence-electron chi connectivity index (χ4n) is 2.98. The zero-order valence-electron chi connectivity index (χ0n) is 14.1. The third-order valence-electron chi connectivity index (χ3n) is 4.27. The van der Waals surface area contributed by atoms with Crippen molar-refractivity contribution in [3.8, 4) is 0 Å². The maximum absolute atomic E-state index is 14.5. The van der Waals surface area contributed by atoms with Gasteiger partial charge in [0.05, 0.1) is 28.8 Å². The van der Waals surface area contributed by atoms with E-state index in [1.54, 1.807) is 11.8 Å². The number of hydrogen-bond acceptors (Lipinski definition) is 6. The van der Waals surface area contributed by atoms with Crippen LogP contribution in [0.3, 0.4) is 0 Å². The van der Waals surface area contributed by atoms with Crippen molar-refractivity contribution >= 4 is 17.3 Å². The Morgan fingerprint density at radius 3 is 2.54 bits per heavy atom. The number of halogens is 1. The summed E-state index contributed by atoms with van der Waals surface area (Å²) in [5.41, 5.74) is -0.453. The Morgan fingerprint density at radius 2 is 2.04 bits per heavy atom. The van der Waals surface area contributed by atoms with Gasteiger partial charge in [-0.05, 0) is 33.9 Å². The lowest BCUT2D eigenvalue weighted by Crippen LogP contribution is -2.42. The van der Waals surface area contributed by atoms with Gasteiger partial charge in [0.15, 0.2) is 5.82 Å². The fourth-order valence-corrected chi connectivity index (χ4v) is 2.98. The molecule has 0 saturated carbocycles. The van der Waals surface area contributed by atoms with Crippen LogP contribution in [0.15, 0.2) is 12.1 Å². The number of anilines is 1. The van der Waals surface area contributed by atoms with Crippen molar-refractivity contribution < 1.29 is 18.8 Å². The first-order valence-corrected chi connectivity index (χ1v) is 7.91. The zero-order valence-corrected chi connectivity index (χ0v) is 14.1. The number of nitrogens with zero attached hydrogens (tertiary/aromatic N) is 3. The molecule has 1 aromatic rings. The molecule has 1 fully saturated rings. The molecule has 24 heavy (non-hydrogen) atoms. The number of nitro groups is 1. The van der Waals surface area contributed by atoms with Gasteiger partial charge in [-0.2, -0.15) is 0 Å². The predicted octanol–water partition coefficient (Wildman–Crippen LogP) is 2.44. The fraction of sp³-hybridized carbons (Fsp3) is 0.562. The van der Waals surface area contributed by atoms with E-state index in [4.69, 9.17) is 4.74 Å². The van der Waals surface area contributed by atoms with Crippen LogP contribution >= 0.6 is 0 Å². The van der Waals surface area contributed by atoms with E-state index < -0.39 is 22.4 Å². The van der Waals surface area contributed by atoms with E-state index in [9.17, 15) is 19.3 Å². The number of non-ortho nitro benzene ring substituents is 1. The quantitative estimate of drug-likeness (QED) is 0.466. The summed E-state index contributed by atoms with van der Waals surface area (Å²) in [6.07, 6.45) is 1.65. The summed E-state index contributed by atoms with van der Waals surface area (Å²) in [7, 11) is 3.99. The van der Waals surface area contributed by atoms with Crippen molar-refractivity contribution in [3.05, 3.63) is 33.6 Å². The summed E-state index contributed by atoms with van der Waals surface area (Å²) in [5, 5.41) is 11.0. The van der Waals surface area contributed by atoms with E-state index in [1.807, 2.05) is 14.1 Å². The van der Waals surface area contributed by atoms with Crippen molar-refractivity contribution in [2.45, 2.75) is 25.8 Å². The third kappa shape index (κ3) is 3.81. The van der Waals surface area contributed by atoms with E-state index in [-0.39, 0.29) is 17.9 Å². The van der Waals surface area contributed by atoms with Crippen LogP contribution in [0.25, 0.3) is 0 Å². The van der Waals surface area contributed by atoms with Crippen molar-refractivity contribution in [1.82, 2.24) is 4.90 Å². The van der Waals surface area contributed by atoms with E-state index in [0.717, 1.165) is 25.0 Å². The second kappa shape index (κ2) is 7.57. The average Bonchev–Trinajstić information content (AvgIpc) is 2.54. The molecule has 8 heteroatoms. The minimum atomic E-state index is -0.768. The molecular formula is C16H22FN3O4. The number of rotatable bonds is 5. The highest BCUT2D eigenvalue weighted by Crippen LogP contribution is 2.32. The highest BCUT2D eigenvalue weighted by Gasteiger charge is 2.29. The van der Waals surface area contributed by atoms with Crippen molar-refractivity contribution in [3.63, 3.8) is 0 Å². The lowest BCUT2D eigenvalue weighted by Gasteiger charge is -2.37. The summed E-state index contributed by atoms with van der Waals surface area (Å²) >= 11 is 0. The average molecular weight is 339 g/mol. The normalized spacial score (nSPS) is 15.6. The highest BCUT2D eigenvalue weighted by molar-refractivity contribution is 5.97.